The van der Waals surface area contributed by atoms with Gasteiger partial charge in [0.2, 0.25) is 0 Å². The maximum atomic E-state index is 6.42. The van der Waals surface area contributed by atoms with E-state index in [4.69, 9.17) is 44.6 Å². The minimum absolute atomic E-state index is 0.198. The zero-order chi connectivity index (χ0) is 25.4. The van der Waals surface area contributed by atoms with Gasteiger partial charge >= 0.3 is 0 Å². The summed E-state index contributed by atoms with van der Waals surface area (Å²) in [5, 5.41) is 5.06. The molecule has 2 aromatic carbocycles. The van der Waals surface area contributed by atoms with Crippen LogP contribution in [-0.2, 0) is 0 Å². The third kappa shape index (κ3) is 4.93. The number of pyridine rings is 1. The van der Waals surface area contributed by atoms with Crippen molar-refractivity contribution in [3.8, 4) is 17.1 Å². The first-order valence-corrected chi connectivity index (χ1v) is 13.6. The summed E-state index contributed by atoms with van der Waals surface area (Å²) in [4.78, 5) is 6.70. The van der Waals surface area contributed by atoms with Gasteiger partial charge in [0.05, 0.1) is 27.9 Å². The molecule has 8 heteroatoms. The lowest BCUT2D eigenvalue weighted by Gasteiger charge is -2.26. The Morgan fingerprint density at radius 3 is 2.49 bits per heavy atom. The molecule has 0 amide bonds. The molecule has 0 bridgehead atoms. The van der Waals surface area contributed by atoms with Crippen LogP contribution in [0.2, 0.25) is 10.0 Å². The SMILES string of the molecule is S=C1N[C@H](c2ccccn2)[C@@H](c2ccc(-c3ccc(Cl)c(Cl)c3)o2)N1c1ccc(OC2CCCC2)cc1. The van der Waals surface area contributed by atoms with E-state index in [1.165, 1.54) is 12.8 Å². The molecule has 1 aliphatic heterocycles. The molecule has 1 saturated carbocycles. The Labute approximate surface area is 231 Å². The van der Waals surface area contributed by atoms with Crippen molar-refractivity contribution in [2.75, 3.05) is 4.90 Å². The van der Waals surface area contributed by atoms with E-state index in [2.05, 4.69) is 27.3 Å². The Morgan fingerprint density at radius 1 is 0.946 bits per heavy atom. The molecular formula is C29H25Cl2N3O2S. The molecule has 37 heavy (non-hydrogen) atoms. The summed E-state index contributed by atoms with van der Waals surface area (Å²) in [5.41, 5.74) is 2.68. The van der Waals surface area contributed by atoms with E-state index in [1.807, 2.05) is 48.5 Å². The average molecular weight is 551 g/mol. The average Bonchev–Trinajstić information content (AvgIpc) is 3.67. The van der Waals surface area contributed by atoms with Crippen LogP contribution in [0.3, 0.4) is 0 Å². The number of aromatic nitrogens is 1. The number of halogens is 2. The van der Waals surface area contributed by atoms with Crippen molar-refractivity contribution in [3.63, 3.8) is 0 Å². The fraction of sp³-hybridized carbons (Fsp3) is 0.241. The largest absolute Gasteiger partial charge is 0.490 e. The molecular weight excluding hydrogens is 525 g/mol. The van der Waals surface area contributed by atoms with E-state index in [0.29, 0.717) is 27.0 Å². The highest BCUT2D eigenvalue weighted by Gasteiger charge is 2.42. The third-order valence-electron chi connectivity index (χ3n) is 6.94. The van der Waals surface area contributed by atoms with Gasteiger partial charge in [-0.3, -0.25) is 4.98 Å². The predicted molar refractivity (Wildman–Crippen MR) is 151 cm³/mol. The minimum atomic E-state index is -0.250. The summed E-state index contributed by atoms with van der Waals surface area (Å²) in [6.45, 7) is 0. The van der Waals surface area contributed by atoms with Gasteiger partial charge in [0.15, 0.2) is 5.11 Å². The zero-order valence-corrected chi connectivity index (χ0v) is 22.3. The maximum Gasteiger partial charge on any atom is 0.174 e. The topological polar surface area (TPSA) is 50.5 Å². The molecule has 188 valence electrons. The Morgan fingerprint density at radius 2 is 1.76 bits per heavy atom. The Kier molecular flexibility index (Phi) is 6.80. The van der Waals surface area contributed by atoms with Gasteiger partial charge in [-0.05, 0) is 105 Å². The van der Waals surface area contributed by atoms with E-state index in [1.54, 1.807) is 18.3 Å². The van der Waals surface area contributed by atoms with Gasteiger partial charge < -0.3 is 19.4 Å². The summed E-state index contributed by atoms with van der Waals surface area (Å²) < 4.78 is 12.6. The van der Waals surface area contributed by atoms with Crippen LogP contribution in [0.15, 0.2) is 83.4 Å². The van der Waals surface area contributed by atoms with Crippen LogP contribution in [0.1, 0.15) is 49.2 Å². The van der Waals surface area contributed by atoms with Crippen LogP contribution in [0.4, 0.5) is 5.69 Å². The second kappa shape index (κ2) is 10.4. The standard InChI is InChI=1S/C29H25Cl2N3O2S/c30-22-13-8-18(17-23(22)31)25-14-15-26(36-25)28-27(24-7-3-4-16-32-24)33-29(37)34(28)19-9-11-21(12-10-19)35-20-5-1-2-6-20/h3-4,7-17,20,27-28H,1-2,5-6H2,(H,33,37)/t27-,28-/m1/s1. The lowest BCUT2D eigenvalue weighted by Crippen LogP contribution is -2.29. The van der Waals surface area contributed by atoms with Crippen molar-refractivity contribution in [2.45, 2.75) is 43.9 Å². The van der Waals surface area contributed by atoms with E-state index in [-0.39, 0.29) is 12.1 Å². The number of ether oxygens (including phenoxy) is 1. The molecule has 1 aliphatic carbocycles. The first kappa shape index (κ1) is 24.3. The highest BCUT2D eigenvalue weighted by Crippen LogP contribution is 2.43. The van der Waals surface area contributed by atoms with Crippen LogP contribution in [0, 0.1) is 0 Å². The van der Waals surface area contributed by atoms with Gasteiger partial charge in [-0.1, -0.05) is 29.3 Å². The van der Waals surface area contributed by atoms with E-state index in [0.717, 1.165) is 41.3 Å². The van der Waals surface area contributed by atoms with Crippen molar-refractivity contribution in [3.05, 3.63) is 100 Å². The number of anilines is 1. The van der Waals surface area contributed by atoms with Gasteiger partial charge in [0.25, 0.3) is 0 Å². The molecule has 1 saturated heterocycles. The third-order valence-corrected chi connectivity index (χ3v) is 7.99. The first-order chi connectivity index (χ1) is 18.1. The zero-order valence-electron chi connectivity index (χ0n) is 19.9. The fourth-order valence-corrected chi connectivity index (χ4v) is 5.77. The Hall–Kier alpha value is -3.06. The molecule has 0 unspecified atom stereocenters. The molecule has 4 aromatic rings. The second-order valence-corrected chi connectivity index (χ2v) is 10.5. The molecule has 0 radical (unpaired) electrons. The number of nitrogens with one attached hydrogen (secondary N) is 1. The lowest BCUT2D eigenvalue weighted by molar-refractivity contribution is 0.210. The molecule has 2 atom stereocenters. The number of benzene rings is 2. The number of hydrogen-bond acceptors (Lipinski definition) is 4. The highest BCUT2D eigenvalue weighted by atomic mass is 35.5. The maximum absolute atomic E-state index is 6.42. The van der Waals surface area contributed by atoms with Gasteiger partial charge in [0.1, 0.15) is 23.3 Å². The molecule has 3 heterocycles. The van der Waals surface area contributed by atoms with Crippen molar-refractivity contribution >= 4 is 46.2 Å². The summed E-state index contributed by atoms with van der Waals surface area (Å²) in [6, 6.07) is 23.0. The van der Waals surface area contributed by atoms with E-state index in [9.17, 15) is 0 Å². The van der Waals surface area contributed by atoms with Crippen molar-refractivity contribution in [1.29, 1.82) is 0 Å². The molecule has 1 N–H and O–H groups in total. The van der Waals surface area contributed by atoms with Gasteiger partial charge in [-0.2, -0.15) is 0 Å². The quantitative estimate of drug-likeness (QED) is 0.245. The molecule has 2 aliphatic rings. The first-order valence-electron chi connectivity index (χ1n) is 12.4. The van der Waals surface area contributed by atoms with Crippen LogP contribution in [0.5, 0.6) is 5.75 Å². The van der Waals surface area contributed by atoms with Crippen molar-refractivity contribution in [1.82, 2.24) is 10.3 Å². The molecule has 2 aromatic heterocycles. The minimum Gasteiger partial charge on any atom is -0.490 e. The van der Waals surface area contributed by atoms with Crippen molar-refractivity contribution < 1.29 is 9.15 Å². The predicted octanol–water partition coefficient (Wildman–Crippen LogP) is 8.15. The monoisotopic (exact) mass is 549 g/mol. The Balaban J connectivity index is 1.35. The summed E-state index contributed by atoms with van der Waals surface area (Å²) in [6.07, 6.45) is 6.81. The summed E-state index contributed by atoms with van der Waals surface area (Å²) in [5.74, 6) is 2.34. The summed E-state index contributed by atoms with van der Waals surface area (Å²) >= 11 is 18.2. The Bertz CT molecular complexity index is 1400. The van der Waals surface area contributed by atoms with E-state index >= 15 is 0 Å². The number of thiocarbonyl (C=S) groups is 1. The molecule has 5 nitrogen and oxygen atoms in total. The van der Waals surface area contributed by atoms with Crippen molar-refractivity contribution in [2.24, 2.45) is 0 Å². The molecule has 6 rings (SSSR count). The van der Waals surface area contributed by atoms with Gasteiger partial charge in [-0.25, -0.2) is 0 Å². The number of nitrogens with zero attached hydrogens (tertiary/aromatic N) is 2. The van der Waals surface area contributed by atoms with Crippen LogP contribution in [-0.4, -0.2) is 16.2 Å². The number of hydrogen-bond donors (Lipinski definition) is 1. The van der Waals surface area contributed by atoms with Gasteiger partial charge in [0, 0.05) is 17.4 Å². The number of furan rings is 1. The van der Waals surface area contributed by atoms with Gasteiger partial charge in [-0.15, -0.1) is 0 Å². The number of rotatable bonds is 6. The fourth-order valence-electron chi connectivity index (χ4n) is 5.12. The molecule has 2 fully saturated rings. The van der Waals surface area contributed by atoms with Crippen LogP contribution in [0.25, 0.3) is 11.3 Å². The van der Waals surface area contributed by atoms with Crippen LogP contribution >= 0.6 is 35.4 Å². The molecule has 0 spiro atoms. The highest BCUT2D eigenvalue weighted by molar-refractivity contribution is 7.80. The van der Waals surface area contributed by atoms with Crippen LogP contribution < -0.4 is 15.0 Å². The lowest BCUT2D eigenvalue weighted by atomic mass is 10.0. The normalized spacial score (nSPS) is 19.8. The summed E-state index contributed by atoms with van der Waals surface area (Å²) in [7, 11) is 0. The van der Waals surface area contributed by atoms with E-state index < -0.39 is 0 Å². The smallest absolute Gasteiger partial charge is 0.174 e. The second-order valence-electron chi connectivity index (χ2n) is 9.35.